The zero-order valence-electron chi connectivity index (χ0n) is 33.1. The largest absolute Gasteiger partial charge is 0.444 e. The second-order valence-electron chi connectivity index (χ2n) is 17.1. The van der Waals surface area contributed by atoms with Crippen molar-refractivity contribution in [3.63, 3.8) is 0 Å². The highest BCUT2D eigenvalue weighted by molar-refractivity contribution is 7.89. The SMILES string of the molecule is C[C@@H](O[Si](c1ccccc1)(c1ccccc1)C(C)(C)C)[C@@H](C[P+](C)(c1ccccc1)c1ccccc1)NC(=O)[C@H](NC(=O)OC(C)(C)C)C(C)(C)C. The highest BCUT2D eigenvalue weighted by Crippen LogP contribution is 2.53. The van der Waals surface area contributed by atoms with Crippen molar-refractivity contribution in [1.29, 1.82) is 0 Å². The van der Waals surface area contributed by atoms with Crippen LogP contribution in [0.25, 0.3) is 0 Å². The van der Waals surface area contributed by atoms with E-state index in [9.17, 15) is 9.59 Å². The predicted octanol–water partition coefficient (Wildman–Crippen LogP) is 7.67. The molecule has 0 radical (unpaired) electrons. The van der Waals surface area contributed by atoms with Gasteiger partial charge in [-0.25, -0.2) is 4.79 Å². The van der Waals surface area contributed by atoms with Crippen molar-refractivity contribution in [1.82, 2.24) is 10.6 Å². The zero-order chi connectivity index (χ0) is 38.4. The molecule has 0 fully saturated rings. The predicted molar refractivity (Wildman–Crippen MR) is 223 cm³/mol. The van der Waals surface area contributed by atoms with Crippen LogP contribution in [0.3, 0.4) is 0 Å². The molecule has 4 aromatic rings. The maximum absolute atomic E-state index is 14.7. The molecular formula is C44H60N2O4PSi+. The summed E-state index contributed by atoms with van der Waals surface area (Å²) in [5, 5.41) is 11.0. The van der Waals surface area contributed by atoms with Crippen molar-refractivity contribution in [2.75, 3.05) is 12.8 Å². The Balaban J connectivity index is 1.88. The van der Waals surface area contributed by atoms with E-state index in [1.807, 2.05) is 65.8 Å². The Kier molecular flexibility index (Phi) is 13.0. The van der Waals surface area contributed by atoms with Gasteiger partial charge in [-0.3, -0.25) is 4.79 Å². The van der Waals surface area contributed by atoms with Gasteiger partial charge in [-0.1, -0.05) is 139 Å². The quantitative estimate of drug-likeness (QED) is 0.116. The van der Waals surface area contributed by atoms with Crippen LogP contribution in [0.2, 0.25) is 5.04 Å². The molecule has 52 heavy (non-hydrogen) atoms. The number of nitrogens with one attached hydrogen (secondary N) is 2. The third-order valence-electron chi connectivity index (χ3n) is 9.68. The van der Waals surface area contributed by atoms with E-state index in [4.69, 9.17) is 9.16 Å². The Morgan fingerprint density at radius 3 is 1.42 bits per heavy atom. The standard InChI is InChI=1S/C44H59N2O4PSi/c1-33(50-52(44(8,9)10,36-28-20-14-21-29-36)37-30-22-15-23-31-37)38(45-40(47)39(42(2,3)4)46-41(48)49-43(5,6)7)32-51(11,34-24-16-12-17-25-34)35-26-18-13-19-27-35/h12-31,33,38-39H,32H2,1-11H3,(H-,45,46,47,48)/p+1/t33-,38-,39+/m1/s1. The summed E-state index contributed by atoms with van der Waals surface area (Å²) in [6.45, 7) is 22.6. The molecule has 0 aliphatic heterocycles. The van der Waals surface area contributed by atoms with Crippen LogP contribution in [0, 0.1) is 5.41 Å². The number of benzene rings is 4. The van der Waals surface area contributed by atoms with Gasteiger partial charge in [-0.05, 0) is 72.8 Å². The van der Waals surface area contributed by atoms with Crippen molar-refractivity contribution < 1.29 is 18.8 Å². The van der Waals surface area contributed by atoms with Gasteiger partial charge in [0.1, 0.15) is 11.6 Å². The Labute approximate surface area is 314 Å². The Hall–Kier alpha value is -3.77. The fraction of sp³-hybridized carbons (Fsp3) is 0.409. The normalized spacial score (nSPS) is 14.5. The number of carbonyl (C=O) groups excluding carboxylic acids is 2. The smallest absolute Gasteiger partial charge is 0.408 e. The highest BCUT2D eigenvalue weighted by atomic mass is 31.2. The summed E-state index contributed by atoms with van der Waals surface area (Å²) in [6.07, 6.45) is -0.388. The van der Waals surface area contributed by atoms with E-state index in [0.29, 0.717) is 6.16 Å². The van der Waals surface area contributed by atoms with Gasteiger partial charge in [0.05, 0.1) is 42.8 Å². The molecule has 6 nitrogen and oxygen atoms in total. The van der Waals surface area contributed by atoms with E-state index >= 15 is 0 Å². The van der Waals surface area contributed by atoms with Crippen molar-refractivity contribution in [2.45, 2.75) is 98.1 Å². The molecule has 0 spiro atoms. The van der Waals surface area contributed by atoms with Gasteiger partial charge in [0.25, 0.3) is 8.32 Å². The van der Waals surface area contributed by atoms with Crippen molar-refractivity contribution >= 4 is 48.6 Å². The van der Waals surface area contributed by atoms with Gasteiger partial charge in [0.15, 0.2) is 0 Å². The molecule has 0 heterocycles. The summed E-state index contributed by atoms with van der Waals surface area (Å²) in [7, 11) is -5.11. The van der Waals surface area contributed by atoms with Gasteiger partial charge in [0.2, 0.25) is 5.91 Å². The molecule has 2 N–H and O–H groups in total. The first-order valence-corrected chi connectivity index (χ1v) is 22.7. The van der Waals surface area contributed by atoms with Crippen LogP contribution in [0.5, 0.6) is 0 Å². The molecule has 0 aliphatic carbocycles. The number of carbonyl (C=O) groups is 2. The van der Waals surface area contributed by atoms with E-state index < -0.39 is 50.9 Å². The molecule has 278 valence electrons. The van der Waals surface area contributed by atoms with Crippen LogP contribution in [0.1, 0.15) is 69.2 Å². The van der Waals surface area contributed by atoms with E-state index in [-0.39, 0.29) is 10.9 Å². The van der Waals surface area contributed by atoms with E-state index in [0.717, 1.165) is 0 Å². The number of hydrogen-bond acceptors (Lipinski definition) is 4. The lowest BCUT2D eigenvalue weighted by molar-refractivity contribution is -0.126. The lowest BCUT2D eigenvalue weighted by atomic mass is 9.86. The zero-order valence-corrected chi connectivity index (χ0v) is 35.0. The Bertz CT molecular complexity index is 1650. The fourth-order valence-corrected chi connectivity index (χ4v) is 15.3. The van der Waals surface area contributed by atoms with E-state index in [1.54, 1.807) is 0 Å². The molecular weight excluding hydrogens is 680 g/mol. The molecule has 0 aromatic heterocycles. The van der Waals surface area contributed by atoms with Crippen LogP contribution in [-0.4, -0.2) is 56.9 Å². The van der Waals surface area contributed by atoms with E-state index in [2.05, 4.69) is 142 Å². The Morgan fingerprint density at radius 2 is 1.06 bits per heavy atom. The van der Waals surface area contributed by atoms with Gasteiger partial charge < -0.3 is 19.8 Å². The third kappa shape index (κ3) is 9.80. The first kappa shape index (κ1) is 41.0. The number of ether oxygens (including phenoxy) is 1. The van der Waals surface area contributed by atoms with Crippen LogP contribution < -0.4 is 31.6 Å². The molecule has 0 aliphatic rings. The third-order valence-corrected chi connectivity index (χ3v) is 18.8. The minimum absolute atomic E-state index is 0.262. The van der Waals surface area contributed by atoms with Crippen LogP contribution in [0.4, 0.5) is 4.79 Å². The molecule has 0 bridgehead atoms. The lowest BCUT2D eigenvalue weighted by Gasteiger charge is -2.46. The topological polar surface area (TPSA) is 76.7 Å². The van der Waals surface area contributed by atoms with Gasteiger partial charge in [-0.2, -0.15) is 0 Å². The van der Waals surface area contributed by atoms with Crippen molar-refractivity contribution in [2.24, 2.45) is 5.41 Å². The highest BCUT2D eigenvalue weighted by Gasteiger charge is 2.53. The van der Waals surface area contributed by atoms with Crippen LogP contribution in [0.15, 0.2) is 121 Å². The van der Waals surface area contributed by atoms with Crippen LogP contribution >= 0.6 is 7.26 Å². The maximum atomic E-state index is 14.7. The van der Waals surface area contributed by atoms with E-state index in [1.165, 1.54) is 21.0 Å². The average Bonchev–Trinajstić information content (AvgIpc) is 3.08. The summed E-state index contributed by atoms with van der Waals surface area (Å²) in [6, 6.07) is 41.2. The first-order valence-electron chi connectivity index (χ1n) is 18.3. The molecule has 2 amide bonds. The molecule has 8 heteroatoms. The molecule has 4 rings (SSSR count). The second-order valence-corrected chi connectivity index (χ2v) is 25.1. The average molecular weight is 740 g/mol. The number of alkyl carbamates (subject to hydrolysis) is 1. The number of amides is 2. The summed E-state index contributed by atoms with van der Waals surface area (Å²) >= 11 is 0. The van der Waals surface area contributed by atoms with Gasteiger partial charge >= 0.3 is 6.09 Å². The second kappa shape index (κ2) is 16.5. The fourth-order valence-electron chi connectivity index (χ4n) is 7.00. The van der Waals surface area contributed by atoms with Crippen molar-refractivity contribution in [3.05, 3.63) is 121 Å². The molecule has 0 saturated carbocycles. The minimum atomic E-state index is -3.01. The molecule has 0 unspecified atom stereocenters. The maximum Gasteiger partial charge on any atom is 0.408 e. The summed E-state index contributed by atoms with van der Waals surface area (Å²) < 4.78 is 13.3. The summed E-state index contributed by atoms with van der Waals surface area (Å²) in [5.41, 5.74) is -1.31. The van der Waals surface area contributed by atoms with Crippen LogP contribution in [-0.2, 0) is 14.0 Å². The molecule has 3 atom stereocenters. The van der Waals surface area contributed by atoms with Crippen molar-refractivity contribution in [3.8, 4) is 0 Å². The first-order chi connectivity index (χ1) is 24.3. The minimum Gasteiger partial charge on any atom is -0.444 e. The summed E-state index contributed by atoms with van der Waals surface area (Å²) in [5.74, 6) is -0.270. The summed E-state index contributed by atoms with van der Waals surface area (Å²) in [4.78, 5) is 27.8. The lowest BCUT2D eigenvalue weighted by Crippen LogP contribution is -2.69. The van der Waals surface area contributed by atoms with Gasteiger partial charge in [-0.15, -0.1) is 0 Å². The molecule has 0 saturated heterocycles. The monoisotopic (exact) mass is 739 g/mol. The number of rotatable bonds is 12. The van der Waals surface area contributed by atoms with Gasteiger partial charge in [0, 0.05) is 0 Å². The molecule has 4 aromatic carbocycles. The number of hydrogen-bond donors (Lipinski definition) is 2. The Morgan fingerprint density at radius 1 is 0.654 bits per heavy atom.